The van der Waals surface area contributed by atoms with Gasteiger partial charge in [-0.25, -0.2) is 0 Å². The Morgan fingerprint density at radius 1 is 1.42 bits per heavy atom. The van der Waals surface area contributed by atoms with Gasteiger partial charge in [-0.3, -0.25) is 4.79 Å². The van der Waals surface area contributed by atoms with E-state index in [9.17, 15) is 4.79 Å². The highest BCUT2D eigenvalue weighted by Crippen LogP contribution is 2.33. The Bertz CT molecular complexity index is 190. The van der Waals surface area contributed by atoms with Crippen LogP contribution in [0.4, 0.5) is 0 Å². The van der Waals surface area contributed by atoms with Gasteiger partial charge >= 0.3 is 0 Å². The van der Waals surface area contributed by atoms with Crippen LogP contribution in [-0.2, 0) is 4.79 Å². The van der Waals surface area contributed by atoms with Gasteiger partial charge in [-0.2, -0.15) is 0 Å². The number of fused-ring (bicyclic) bond motifs is 1. The third kappa shape index (κ3) is 1.40. The Kier molecular flexibility index (Phi) is 2.18. The molecular formula is C10H17NO. The number of piperidine rings is 1. The first kappa shape index (κ1) is 8.24. The molecule has 2 rings (SSSR count). The van der Waals surface area contributed by atoms with Crippen LogP contribution in [0.1, 0.15) is 25.7 Å². The third-order valence-electron chi connectivity index (χ3n) is 3.35. The van der Waals surface area contributed by atoms with Crippen LogP contribution in [0, 0.1) is 11.8 Å². The maximum Gasteiger partial charge on any atom is 0.136 e. The van der Waals surface area contributed by atoms with Crippen molar-refractivity contribution in [1.29, 1.82) is 0 Å². The number of ketones is 1. The van der Waals surface area contributed by atoms with Crippen LogP contribution in [0.5, 0.6) is 0 Å². The Hall–Kier alpha value is -0.370. The molecule has 2 aliphatic rings. The molecule has 0 unspecified atom stereocenters. The number of nitrogens with zero attached hydrogens (tertiary/aromatic N) is 1. The summed E-state index contributed by atoms with van der Waals surface area (Å²) in [5.41, 5.74) is 0. The highest BCUT2D eigenvalue weighted by molar-refractivity contribution is 5.82. The second-order valence-corrected chi connectivity index (χ2v) is 4.28. The lowest BCUT2D eigenvalue weighted by molar-refractivity contribution is -0.128. The summed E-state index contributed by atoms with van der Waals surface area (Å²) < 4.78 is 0. The van der Waals surface area contributed by atoms with Gasteiger partial charge in [0.25, 0.3) is 0 Å². The molecule has 2 nitrogen and oxygen atoms in total. The first-order chi connectivity index (χ1) is 5.77. The molecule has 12 heavy (non-hydrogen) atoms. The Morgan fingerprint density at radius 3 is 3.08 bits per heavy atom. The summed E-state index contributed by atoms with van der Waals surface area (Å²) in [7, 11) is 2.16. The number of hydrogen-bond donors (Lipinski definition) is 0. The summed E-state index contributed by atoms with van der Waals surface area (Å²) in [6.07, 6.45) is 4.37. The number of Topliss-reactive ketones (excluding diaryl/α,β-unsaturated/α-hetero) is 1. The molecule has 0 aromatic heterocycles. The fourth-order valence-corrected chi connectivity index (χ4v) is 2.65. The molecule has 68 valence electrons. The smallest absolute Gasteiger partial charge is 0.136 e. The van der Waals surface area contributed by atoms with E-state index in [1.54, 1.807) is 0 Å². The van der Waals surface area contributed by atoms with Gasteiger partial charge in [0.05, 0.1) is 0 Å². The highest BCUT2D eigenvalue weighted by atomic mass is 16.1. The topological polar surface area (TPSA) is 20.3 Å². The van der Waals surface area contributed by atoms with Gasteiger partial charge in [0.2, 0.25) is 0 Å². The molecular weight excluding hydrogens is 150 g/mol. The zero-order valence-corrected chi connectivity index (χ0v) is 7.75. The van der Waals surface area contributed by atoms with Gasteiger partial charge in [-0.05, 0) is 38.8 Å². The van der Waals surface area contributed by atoms with Crippen LogP contribution < -0.4 is 0 Å². The largest absolute Gasteiger partial charge is 0.306 e. The standard InChI is InChI=1S/C10H17NO/c1-11-6-5-9-8(7-11)3-2-4-10(9)12/h8-9H,2-7H2,1H3/t8-,9-/m1/s1. The van der Waals surface area contributed by atoms with Crippen LogP contribution in [0.25, 0.3) is 0 Å². The van der Waals surface area contributed by atoms with E-state index in [4.69, 9.17) is 0 Å². The summed E-state index contributed by atoms with van der Waals surface area (Å²) in [6, 6.07) is 0. The lowest BCUT2D eigenvalue weighted by Gasteiger charge is -2.38. The molecule has 1 saturated heterocycles. The number of hydrogen-bond acceptors (Lipinski definition) is 2. The average molecular weight is 167 g/mol. The van der Waals surface area contributed by atoms with Crippen LogP contribution in [0.15, 0.2) is 0 Å². The van der Waals surface area contributed by atoms with Crippen LogP contribution in [-0.4, -0.2) is 30.8 Å². The minimum absolute atomic E-state index is 0.426. The lowest BCUT2D eigenvalue weighted by atomic mass is 9.74. The van der Waals surface area contributed by atoms with E-state index in [0.717, 1.165) is 32.4 Å². The van der Waals surface area contributed by atoms with Gasteiger partial charge < -0.3 is 4.90 Å². The number of likely N-dealkylation sites (tertiary alicyclic amines) is 1. The fraction of sp³-hybridized carbons (Fsp3) is 0.900. The van der Waals surface area contributed by atoms with E-state index >= 15 is 0 Å². The zero-order valence-electron chi connectivity index (χ0n) is 7.75. The summed E-state index contributed by atoms with van der Waals surface area (Å²) in [4.78, 5) is 13.9. The molecule has 0 bridgehead atoms. The molecule has 0 aromatic carbocycles. The van der Waals surface area contributed by atoms with Crippen molar-refractivity contribution in [3.05, 3.63) is 0 Å². The normalized spacial score (nSPS) is 37.9. The van der Waals surface area contributed by atoms with E-state index in [0.29, 0.717) is 17.6 Å². The number of rotatable bonds is 0. The molecule has 1 aliphatic carbocycles. The van der Waals surface area contributed by atoms with Crippen molar-refractivity contribution in [3.8, 4) is 0 Å². The van der Waals surface area contributed by atoms with Gasteiger partial charge in [0.1, 0.15) is 5.78 Å². The van der Waals surface area contributed by atoms with Crippen molar-refractivity contribution in [2.45, 2.75) is 25.7 Å². The first-order valence-corrected chi connectivity index (χ1v) is 4.98. The van der Waals surface area contributed by atoms with Crippen molar-refractivity contribution in [2.24, 2.45) is 11.8 Å². The summed E-state index contributed by atoms with van der Waals surface area (Å²) in [5.74, 6) is 1.65. The minimum Gasteiger partial charge on any atom is -0.306 e. The Labute approximate surface area is 73.9 Å². The summed E-state index contributed by atoms with van der Waals surface area (Å²) in [5, 5.41) is 0. The molecule has 1 heterocycles. The van der Waals surface area contributed by atoms with Gasteiger partial charge in [-0.1, -0.05) is 0 Å². The van der Waals surface area contributed by atoms with Crippen molar-refractivity contribution in [3.63, 3.8) is 0 Å². The van der Waals surface area contributed by atoms with Gasteiger partial charge in [-0.15, -0.1) is 0 Å². The second kappa shape index (κ2) is 3.17. The molecule has 0 aromatic rings. The van der Waals surface area contributed by atoms with E-state index < -0.39 is 0 Å². The molecule has 1 aliphatic heterocycles. The van der Waals surface area contributed by atoms with Gasteiger partial charge in [0.15, 0.2) is 0 Å². The third-order valence-corrected chi connectivity index (χ3v) is 3.35. The maximum absolute atomic E-state index is 11.5. The van der Waals surface area contributed by atoms with Crippen LogP contribution in [0.2, 0.25) is 0 Å². The molecule has 0 radical (unpaired) electrons. The van der Waals surface area contributed by atoms with Crippen LogP contribution >= 0.6 is 0 Å². The van der Waals surface area contributed by atoms with Crippen molar-refractivity contribution >= 4 is 5.78 Å². The van der Waals surface area contributed by atoms with Crippen molar-refractivity contribution < 1.29 is 4.79 Å². The fourth-order valence-electron chi connectivity index (χ4n) is 2.65. The SMILES string of the molecule is CN1CC[C@H]2C(=O)CCC[C@@H]2C1. The first-order valence-electron chi connectivity index (χ1n) is 4.98. The average Bonchev–Trinajstić information content (AvgIpc) is 2.04. The highest BCUT2D eigenvalue weighted by Gasteiger charge is 2.34. The Morgan fingerprint density at radius 2 is 2.25 bits per heavy atom. The van der Waals surface area contributed by atoms with E-state index in [1.807, 2.05) is 0 Å². The zero-order chi connectivity index (χ0) is 8.55. The molecule has 2 fully saturated rings. The van der Waals surface area contributed by atoms with E-state index in [-0.39, 0.29) is 0 Å². The monoisotopic (exact) mass is 167 g/mol. The minimum atomic E-state index is 0.426. The molecule has 2 heteroatoms. The second-order valence-electron chi connectivity index (χ2n) is 4.28. The molecule has 2 atom stereocenters. The molecule has 0 spiro atoms. The predicted octanol–water partition coefficient (Wildman–Crippen LogP) is 1.31. The van der Waals surface area contributed by atoms with E-state index in [2.05, 4.69) is 11.9 Å². The molecule has 1 saturated carbocycles. The summed E-state index contributed by atoms with van der Waals surface area (Å²) >= 11 is 0. The quantitative estimate of drug-likeness (QED) is 0.542. The number of carbonyl (C=O) groups is 1. The van der Waals surface area contributed by atoms with Crippen LogP contribution in [0.3, 0.4) is 0 Å². The maximum atomic E-state index is 11.5. The predicted molar refractivity (Wildman–Crippen MR) is 48.0 cm³/mol. The van der Waals surface area contributed by atoms with Crippen molar-refractivity contribution in [2.75, 3.05) is 20.1 Å². The molecule has 0 N–H and O–H groups in total. The molecule has 0 amide bonds. The lowest BCUT2D eigenvalue weighted by Crippen LogP contribution is -2.43. The number of carbonyl (C=O) groups excluding carboxylic acids is 1. The van der Waals surface area contributed by atoms with Crippen molar-refractivity contribution in [1.82, 2.24) is 4.90 Å². The van der Waals surface area contributed by atoms with Gasteiger partial charge in [0, 0.05) is 18.9 Å². The Balaban J connectivity index is 2.04. The summed E-state index contributed by atoms with van der Waals surface area (Å²) in [6.45, 7) is 2.27. The van der Waals surface area contributed by atoms with E-state index in [1.165, 1.54) is 6.42 Å².